The van der Waals surface area contributed by atoms with E-state index in [1.165, 1.54) is 16.7 Å². The number of aromatic nitrogens is 4. The van der Waals surface area contributed by atoms with Gasteiger partial charge >= 0.3 is 0 Å². The summed E-state index contributed by atoms with van der Waals surface area (Å²) >= 11 is 0. The van der Waals surface area contributed by atoms with Crippen molar-refractivity contribution in [2.45, 2.75) is 33.2 Å². The van der Waals surface area contributed by atoms with Gasteiger partial charge in [0, 0.05) is 12.1 Å². The molecule has 1 N–H and O–H groups in total. The Labute approximate surface area is 159 Å². The maximum absolute atomic E-state index is 4.59. The summed E-state index contributed by atoms with van der Waals surface area (Å²) in [6.07, 6.45) is 1.89. The highest BCUT2D eigenvalue weighted by Gasteiger charge is 2.14. The Morgan fingerprint density at radius 2 is 1.70 bits per heavy atom. The summed E-state index contributed by atoms with van der Waals surface area (Å²) in [4.78, 5) is 9.16. The largest absolute Gasteiger partial charge is 0.350 e. The third-order valence-corrected chi connectivity index (χ3v) is 4.67. The molecule has 2 aromatic heterocycles. The minimum absolute atomic E-state index is 0.364. The average Bonchev–Trinajstić information content (AvgIpc) is 3.11. The Hall–Kier alpha value is -3.21. The quantitative estimate of drug-likeness (QED) is 0.555. The molecule has 0 fully saturated rings. The third kappa shape index (κ3) is 3.40. The van der Waals surface area contributed by atoms with Crippen molar-refractivity contribution < 1.29 is 0 Å². The van der Waals surface area contributed by atoms with Crippen LogP contribution in [-0.2, 0) is 6.54 Å². The van der Waals surface area contributed by atoms with Crippen LogP contribution in [0, 0.1) is 6.92 Å². The van der Waals surface area contributed by atoms with E-state index in [0.29, 0.717) is 18.4 Å². The van der Waals surface area contributed by atoms with Crippen LogP contribution in [0.15, 0.2) is 60.8 Å². The van der Waals surface area contributed by atoms with Crippen molar-refractivity contribution >= 4 is 11.6 Å². The van der Waals surface area contributed by atoms with E-state index in [1.807, 2.05) is 19.2 Å². The van der Waals surface area contributed by atoms with Gasteiger partial charge in [-0.05, 0) is 29.5 Å². The Morgan fingerprint density at radius 3 is 2.48 bits per heavy atom. The molecule has 0 atom stereocenters. The van der Waals surface area contributed by atoms with Crippen molar-refractivity contribution in [2.24, 2.45) is 0 Å². The fourth-order valence-corrected chi connectivity index (χ4v) is 3.27. The number of nitrogens with zero attached hydrogens (tertiary/aromatic N) is 4. The molecule has 0 aliphatic heterocycles. The second kappa shape index (κ2) is 7.19. The fourth-order valence-electron chi connectivity index (χ4n) is 3.27. The first-order valence-corrected chi connectivity index (χ1v) is 9.23. The Kier molecular flexibility index (Phi) is 4.59. The topological polar surface area (TPSA) is 55.1 Å². The van der Waals surface area contributed by atoms with Crippen LogP contribution in [0.4, 0.5) is 5.95 Å². The molecule has 0 spiro atoms. The molecule has 4 rings (SSSR count). The summed E-state index contributed by atoms with van der Waals surface area (Å²) < 4.78 is 1.80. The molecule has 4 aromatic rings. The van der Waals surface area contributed by atoms with Crippen LogP contribution < -0.4 is 5.32 Å². The number of hydrogen-bond acceptors (Lipinski definition) is 4. The van der Waals surface area contributed by atoms with Crippen molar-refractivity contribution in [3.63, 3.8) is 0 Å². The first-order valence-electron chi connectivity index (χ1n) is 9.23. The Bertz CT molecular complexity index is 1070. The first kappa shape index (κ1) is 17.2. The van der Waals surface area contributed by atoms with Crippen LogP contribution in [0.3, 0.4) is 0 Å². The highest BCUT2D eigenvalue weighted by molar-refractivity contribution is 5.67. The molecule has 0 aliphatic rings. The second-order valence-electron chi connectivity index (χ2n) is 6.96. The maximum Gasteiger partial charge on any atom is 0.227 e. The first-order chi connectivity index (χ1) is 13.1. The van der Waals surface area contributed by atoms with E-state index in [1.54, 1.807) is 4.52 Å². The van der Waals surface area contributed by atoms with Gasteiger partial charge in [-0.25, -0.2) is 4.98 Å². The predicted molar refractivity (Wildman–Crippen MR) is 109 cm³/mol. The van der Waals surface area contributed by atoms with Gasteiger partial charge in [0.2, 0.25) is 5.95 Å². The van der Waals surface area contributed by atoms with Crippen LogP contribution in [0.25, 0.3) is 16.8 Å². The van der Waals surface area contributed by atoms with Crippen LogP contribution in [0.5, 0.6) is 0 Å². The summed E-state index contributed by atoms with van der Waals surface area (Å²) in [5.74, 6) is 1.82. The number of benzene rings is 2. The number of hydrogen-bond donors (Lipinski definition) is 1. The summed E-state index contributed by atoms with van der Waals surface area (Å²) in [6, 6.07) is 18.9. The summed E-state index contributed by atoms with van der Waals surface area (Å²) in [6.45, 7) is 6.88. The minimum Gasteiger partial charge on any atom is -0.350 e. The normalized spacial score (nSPS) is 11.3. The lowest BCUT2D eigenvalue weighted by molar-refractivity contribution is 0.852. The number of aryl methyl sites for hydroxylation is 1. The van der Waals surface area contributed by atoms with E-state index in [0.717, 1.165) is 17.0 Å². The zero-order valence-corrected chi connectivity index (χ0v) is 15.8. The van der Waals surface area contributed by atoms with Crippen molar-refractivity contribution in [1.82, 2.24) is 19.6 Å². The Morgan fingerprint density at radius 1 is 0.963 bits per heavy atom. The minimum atomic E-state index is 0.364. The van der Waals surface area contributed by atoms with Gasteiger partial charge < -0.3 is 5.32 Å². The van der Waals surface area contributed by atoms with Gasteiger partial charge in [-0.1, -0.05) is 68.4 Å². The van der Waals surface area contributed by atoms with Crippen LogP contribution in [0.1, 0.15) is 36.7 Å². The standard InChI is InChI=1S/C22H23N5/c1-15(2)20-14-24-27-21(20)25-16(3)26-22(27)23-13-18-11-7-8-12-19(18)17-9-5-4-6-10-17/h4-12,14-15H,13H2,1-3H3,(H,23,25,26). The van der Waals surface area contributed by atoms with Crippen molar-refractivity contribution in [3.05, 3.63) is 77.7 Å². The monoisotopic (exact) mass is 357 g/mol. The van der Waals surface area contributed by atoms with E-state index in [2.05, 4.69) is 82.8 Å². The van der Waals surface area contributed by atoms with Crippen LogP contribution in [0.2, 0.25) is 0 Å². The molecule has 0 bridgehead atoms. The summed E-state index contributed by atoms with van der Waals surface area (Å²) in [5.41, 5.74) is 5.64. The zero-order valence-electron chi connectivity index (χ0n) is 15.8. The van der Waals surface area contributed by atoms with Crippen LogP contribution in [-0.4, -0.2) is 19.6 Å². The highest BCUT2D eigenvalue weighted by Crippen LogP contribution is 2.25. The molecular formula is C22H23N5. The number of fused-ring (bicyclic) bond motifs is 1. The molecule has 136 valence electrons. The lowest BCUT2D eigenvalue weighted by atomic mass is 10.00. The molecule has 5 heteroatoms. The number of anilines is 1. The van der Waals surface area contributed by atoms with Crippen molar-refractivity contribution in [2.75, 3.05) is 5.32 Å². The van der Waals surface area contributed by atoms with E-state index in [4.69, 9.17) is 0 Å². The van der Waals surface area contributed by atoms with Gasteiger partial charge in [0.15, 0.2) is 5.65 Å². The van der Waals surface area contributed by atoms with Gasteiger partial charge in [-0.2, -0.15) is 14.6 Å². The van der Waals surface area contributed by atoms with Crippen LogP contribution >= 0.6 is 0 Å². The molecule has 0 saturated carbocycles. The van der Waals surface area contributed by atoms with Crippen molar-refractivity contribution in [3.8, 4) is 11.1 Å². The van der Waals surface area contributed by atoms with Crippen molar-refractivity contribution in [1.29, 1.82) is 0 Å². The third-order valence-electron chi connectivity index (χ3n) is 4.67. The molecule has 0 unspecified atom stereocenters. The fraction of sp³-hybridized carbons (Fsp3) is 0.227. The molecular weight excluding hydrogens is 334 g/mol. The van der Waals surface area contributed by atoms with Gasteiger partial charge in [-0.15, -0.1) is 0 Å². The van der Waals surface area contributed by atoms with E-state index < -0.39 is 0 Å². The molecule has 0 radical (unpaired) electrons. The molecule has 2 aromatic carbocycles. The second-order valence-corrected chi connectivity index (χ2v) is 6.96. The smallest absolute Gasteiger partial charge is 0.227 e. The number of nitrogens with one attached hydrogen (secondary N) is 1. The van der Waals surface area contributed by atoms with E-state index in [-0.39, 0.29) is 0 Å². The lowest BCUT2D eigenvalue weighted by Gasteiger charge is -2.12. The van der Waals surface area contributed by atoms with Gasteiger partial charge in [-0.3, -0.25) is 0 Å². The summed E-state index contributed by atoms with van der Waals surface area (Å²) in [7, 11) is 0. The van der Waals surface area contributed by atoms with E-state index in [9.17, 15) is 0 Å². The molecule has 0 saturated heterocycles. The SMILES string of the molecule is Cc1nc(NCc2ccccc2-c2ccccc2)n2ncc(C(C)C)c2n1. The average molecular weight is 357 g/mol. The molecule has 0 aliphatic carbocycles. The molecule has 5 nitrogen and oxygen atoms in total. The highest BCUT2D eigenvalue weighted by atomic mass is 15.3. The molecule has 0 amide bonds. The van der Waals surface area contributed by atoms with E-state index >= 15 is 0 Å². The molecule has 2 heterocycles. The van der Waals surface area contributed by atoms with Gasteiger partial charge in [0.25, 0.3) is 0 Å². The maximum atomic E-state index is 4.59. The zero-order chi connectivity index (χ0) is 18.8. The lowest BCUT2D eigenvalue weighted by Crippen LogP contribution is -2.10. The van der Waals surface area contributed by atoms with Gasteiger partial charge in [0.05, 0.1) is 6.20 Å². The Balaban J connectivity index is 1.67. The summed E-state index contributed by atoms with van der Waals surface area (Å²) in [5, 5.41) is 7.96. The molecule has 27 heavy (non-hydrogen) atoms. The predicted octanol–water partition coefficient (Wildman–Crippen LogP) is 4.84. The van der Waals surface area contributed by atoms with Gasteiger partial charge in [0.1, 0.15) is 5.82 Å². The number of rotatable bonds is 5.